The van der Waals surface area contributed by atoms with Crippen molar-refractivity contribution in [2.24, 2.45) is 0 Å². The summed E-state index contributed by atoms with van der Waals surface area (Å²) >= 11 is 0. The Morgan fingerprint density at radius 2 is 2.05 bits per heavy atom. The predicted octanol–water partition coefficient (Wildman–Crippen LogP) is 2.36. The summed E-state index contributed by atoms with van der Waals surface area (Å²) in [7, 11) is 2.17. The number of hydrogen-bond acceptors (Lipinski definition) is 4. The monoisotopic (exact) mass is 284 g/mol. The zero-order valence-corrected chi connectivity index (χ0v) is 13.1. The molecule has 1 atom stereocenters. The third-order valence-corrected chi connectivity index (χ3v) is 4.72. The first-order valence-electron chi connectivity index (χ1n) is 8.07. The van der Waals surface area contributed by atoms with Crippen LogP contribution in [0.15, 0.2) is 6.07 Å². The standard InChI is InChI=1S/C17H24N4/c1-13-12-20(2)8-5-9-21(13)17-15(11-18)10-14-6-3-4-7-16(14)19-17/h10,13H,3-9,12H2,1-2H3. The van der Waals surface area contributed by atoms with Crippen LogP contribution in [-0.4, -0.2) is 42.6 Å². The van der Waals surface area contributed by atoms with Gasteiger partial charge in [-0.2, -0.15) is 5.26 Å². The number of fused-ring (bicyclic) bond motifs is 1. The number of pyridine rings is 1. The van der Waals surface area contributed by atoms with Crippen molar-refractivity contribution in [3.8, 4) is 6.07 Å². The van der Waals surface area contributed by atoms with Gasteiger partial charge in [0.15, 0.2) is 0 Å². The summed E-state index contributed by atoms with van der Waals surface area (Å²) in [5.74, 6) is 0.918. The second-order valence-corrected chi connectivity index (χ2v) is 6.44. The summed E-state index contributed by atoms with van der Waals surface area (Å²) in [4.78, 5) is 9.62. The van der Waals surface area contributed by atoms with Gasteiger partial charge >= 0.3 is 0 Å². The van der Waals surface area contributed by atoms with Gasteiger partial charge < -0.3 is 9.80 Å². The number of hydrogen-bond donors (Lipinski definition) is 0. The van der Waals surface area contributed by atoms with Crippen molar-refractivity contribution in [3.05, 3.63) is 22.9 Å². The van der Waals surface area contributed by atoms with Crippen molar-refractivity contribution in [2.75, 3.05) is 31.6 Å². The highest BCUT2D eigenvalue weighted by atomic mass is 15.3. The molecule has 2 heterocycles. The average Bonchev–Trinajstić information content (AvgIpc) is 2.66. The van der Waals surface area contributed by atoms with E-state index in [1.165, 1.54) is 24.1 Å². The molecule has 0 radical (unpaired) electrons. The molecule has 1 unspecified atom stereocenters. The number of nitriles is 1. The number of aryl methyl sites for hydroxylation is 2. The molecule has 1 aromatic rings. The van der Waals surface area contributed by atoms with Crippen molar-refractivity contribution in [2.45, 2.75) is 45.1 Å². The molecule has 3 rings (SSSR count). The van der Waals surface area contributed by atoms with Gasteiger partial charge in [-0.15, -0.1) is 0 Å². The topological polar surface area (TPSA) is 43.2 Å². The van der Waals surface area contributed by atoms with E-state index in [9.17, 15) is 5.26 Å². The van der Waals surface area contributed by atoms with Crippen LogP contribution in [0.2, 0.25) is 0 Å². The molecule has 21 heavy (non-hydrogen) atoms. The summed E-state index contributed by atoms with van der Waals surface area (Å²) < 4.78 is 0. The zero-order valence-electron chi connectivity index (χ0n) is 13.1. The molecule has 0 spiro atoms. The first-order chi connectivity index (χ1) is 10.2. The van der Waals surface area contributed by atoms with Crippen LogP contribution in [0.4, 0.5) is 5.82 Å². The number of likely N-dealkylation sites (N-methyl/N-ethyl adjacent to an activating group) is 1. The molecule has 1 saturated heterocycles. The minimum absolute atomic E-state index is 0.402. The number of nitrogens with zero attached hydrogens (tertiary/aromatic N) is 4. The third kappa shape index (κ3) is 2.89. The summed E-state index contributed by atoms with van der Waals surface area (Å²) in [5, 5.41) is 9.53. The Morgan fingerprint density at radius 1 is 1.24 bits per heavy atom. The first kappa shape index (κ1) is 14.3. The average molecular weight is 284 g/mol. The highest BCUT2D eigenvalue weighted by Crippen LogP contribution is 2.28. The highest BCUT2D eigenvalue weighted by molar-refractivity contribution is 5.57. The van der Waals surface area contributed by atoms with Crippen molar-refractivity contribution >= 4 is 5.82 Å². The third-order valence-electron chi connectivity index (χ3n) is 4.72. The fourth-order valence-corrected chi connectivity index (χ4v) is 3.61. The summed E-state index contributed by atoms with van der Waals surface area (Å²) in [5.41, 5.74) is 3.27. The molecule has 1 aromatic heterocycles. The maximum absolute atomic E-state index is 9.53. The maximum Gasteiger partial charge on any atom is 0.147 e. The summed E-state index contributed by atoms with van der Waals surface area (Å²) in [6.07, 6.45) is 5.73. The summed E-state index contributed by atoms with van der Waals surface area (Å²) in [6, 6.07) is 4.87. The molecule has 1 aliphatic carbocycles. The lowest BCUT2D eigenvalue weighted by Gasteiger charge is -2.31. The minimum Gasteiger partial charge on any atom is -0.351 e. The van der Waals surface area contributed by atoms with Crippen molar-refractivity contribution < 1.29 is 0 Å². The second-order valence-electron chi connectivity index (χ2n) is 6.44. The maximum atomic E-state index is 9.53. The SMILES string of the molecule is CC1CN(C)CCCN1c1nc2c(cc1C#N)CCCC2. The second kappa shape index (κ2) is 6.03. The Hall–Kier alpha value is -1.60. The van der Waals surface area contributed by atoms with Crippen LogP contribution in [0.25, 0.3) is 0 Å². The van der Waals surface area contributed by atoms with Gasteiger partial charge in [-0.3, -0.25) is 0 Å². The zero-order chi connectivity index (χ0) is 14.8. The Balaban J connectivity index is 1.98. The molecule has 2 aliphatic rings. The van der Waals surface area contributed by atoms with Crippen LogP contribution in [0.5, 0.6) is 0 Å². The fraction of sp³-hybridized carbons (Fsp3) is 0.647. The van der Waals surface area contributed by atoms with Gasteiger partial charge in [0.2, 0.25) is 0 Å². The molecule has 112 valence electrons. The van der Waals surface area contributed by atoms with Crippen molar-refractivity contribution in [3.63, 3.8) is 0 Å². The van der Waals surface area contributed by atoms with E-state index in [0.717, 1.165) is 50.3 Å². The fourth-order valence-electron chi connectivity index (χ4n) is 3.61. The van der Waals surface area contributed by atoms with E-state index >= 15 is 0 Å². The van der Waals surface area contributed by atoms with Gasteiger partial charge in [-0.1, -0.05) is 0 Å². The number of aromatic nitrogens is 1. The molecule has 0 N–H and O–H groups in total. The first-order valence-corrected chi connectivity index (χ1v) is 8.07. The smallest absolute Gasteiger partial charge is 0.147 e. The summed E-state index contributed by atoms with van der Waals surface area (Å²) in [6.45, 7) is 5.38. The molecular formula is C17H24N4. The van der Waals surface area contributed by atoms with Crippen LogP contribution in [0.3, 0.4) is 0 Å². The lowest BCUT2D eigenvalue weighted by molar-refractivity contribution is 0.337. The lowest BCUT2D eigenvalue weighted by atomic mass is 9.94. The largest absolute Gasteiger partial charge is 0.351 e. The van der Waals surface area contributed by atoms with Crippen molar-refractivity contribution in [1.82, 2.24) is 9.88 Å². The molecular weight excluding hydrogens is 260 g/mol. The number of rotatable bonds is 1. The van der Waals surface area contributed by atoms with Crippen LogP contribution < -0.4 is 4.90 Å². The minimum atomic E-state index is 0.402. The Labute approximate surface area is 127 Å². The molecule has 1 fully saturated rings. The molecule has 0 amide bonds. The lowest BCUT2D eigenvalue weighted by Crippen LogP contribution is -2.39. The van der Waals surface area contributed by atoms with E-state index < -0.39 is 0 Å². The van der Waals surface area contributed by atoms with E-state index in [-0.39, 0.29) is 0 Å². The van der Waals surface area contributed by atoms with E-state index in [0.29, 0.717) is 6.04 Å². The highest BCUT2D eigenvalue weighted by Gasteiger charge is 2.25. The number of anilines is 1. The predicted molar refractivity (Wildman–Crippen MR) is 84.5 cm³/mol. The molecule has 0 aromatic carbocycles. The van der Waals surface area contributed by atoms with Gasteiger partial charge in [0.25, 0.3) is 0 Å². The normalized spacial score (nSPS) is 23.3. The molecule has 1 aliphatic heterocycles. The molecule has 0 saturated carbocycles. The van der Waals surface area contributed by atoms with Gasteiger partial charge in [0.05, 0.1) is 5.56 Å². The van der Waals surface area contributed by atoms with Crippen LogP contribution in [0, 0.1) is 11.3 Å². The quantitative estimate of drug-likeness (QED) is 0.794. The molecule has 0 bridgehead atoms. The van der Waals surface area contributed by atoms with Gasteiger partial charge in [0, 0.05) is 24.8 Å². The van der Waals surface area contributed by atoms with Crippen LogP contribution >= 0.6 is 0 Å². The van der Waals surface area contributed by atoms with Crippen LogP contribution in [-0.2, 0) is 12.8 Å². The van der Waals surface area contributed by atoms with Gasteiger partial charge in [-0.05, 0) is 64.3 Å². The Morgan fingerprint density at radius 3 is 2.86 bits per heavy atom. The molecule has 4 nitrogen and oxygen atoms in total. The van der Waals surface area contributed by atoms with E-state index in [2.05, 4.69) is 35.9 Å². The van der Waals surface area contributed by atoms with E-state index in [1.54, 1.807) is 0 Å². The Bertz CT molecular complexity index is 561. The van der Waals surface area contributed by atoms with Gasteiger partial charge in [-0.25, -0.2) is 4.98 Å². The Kier molecular flexibility index (Phi) is 4.12. The van der Waals surface area contributed by atoms with Crippen molar-refractivity contribution in [1.29, 1.82) is 5.26 Å². The van der Waals surface area contributed by atoms with Crippen LogP contribution in [0.1, 0.15) is 43.0 Å². The van der Waals surface area contributed by atoms with Gasteiger partial charge in [0.1, 0.15) is 11.9 Å². The molecule has 4 heteroatoms. The van der Waals surface area contributed by atoms with E-state index in [1.807, 2.05) is 0 Å². The van der Waals surface area contributed by atoms with E-state index in [4.69, 9.17) is 4.98 Å².